The molecular weight excluding hydrogens is 218 g/mol. The molecule has 0 aromatic carbocycles. The number of thioether (sulfide) groups is 1. The first-order valence-corrected chi connectivity index (χ1v) is 7.12. The van der Waals surface area contributed by atoms with E-state index in [0.29, 0.717) is 11.3 Å². The van der Waals surface area contributed by atoms with Crippen LogP contribution in [-0.2, 0) is 0 Å². The molecule has 0 bridgehead atoms. The fourth-order valence-electron chi connectivity index (χ4n) is 1.70. The molecule has 1 N–H and O–H groups in total. The van der Waals surface area contributed by atoms with Gasteiger partial charge in [-0.15, -0.1) is 0 Å². The molecule has 0 amide bonds. The lowest BCUT2D eigenvalue weighted by molar-refractivity contribution is 0.379. The molecule has 1 heterocycles. The maximum Gasteiger partial charge on any atom is 0.157 e. The van der Waals surface area contributed by atoms with Crippen molar-refractivity contribution in [3.05, 3.63) is 0 Å². The number of rotatable bonds is 6. The Balaban J connectivity index is 2.18. The van der Waals surface area contributed by atoms with Crippen molar-refractivity contribution in [1.82, 2.24) is 10.2 Å². The number of nitrogens with zero attached hydrogens (tertiary/aromatic N) is 2. The Kier molecular flexibility index (Phi) is 6.21. The van der Waals surface area contributed by atoms with Gasteiger partial charge in [-0.25, -0.2) is 0 Å². The average Bonchev–Trinajstić information content (AvgIpc) is 2.63. The number of hydrogen-bond acceptors (Lipinski definition) is 4. The van der Waals surface area contributed by atoms with Crippen LogP contribution < -0.4 is 5.32 Å². The Labute approximate surface area is 104 Å². The van der Waals surface area contributed by atoms with E-state index in [4.69, 9.17) is 0 Å². The molecule has 0 saturated carbocycles. The SMILES string of the molecule is CCCC1CN=C(NC(C)CCN(C)C)S1. The van der Waals surface area contributed by atoms with Crippen LogP contribution in [0.5, 0.6) is 0 Å². The summed E-state index contributed by atoms with van der Waals surface area (Å²) in [6.45, 7) is 6.61. The van der Waals surface area contributed by atoms with Crippen molar-refractivity contribution >= 4 is 16.9 Å². The molecule has 0 saturated heterocycles. The molecule has 0 aliphatic carbocycles. The van der Waals surface area contributed by atoms with E-state index >= 15 is 0 Å². The summed E-state index contributed by atoms with van der Waals surface area (Å²) >= 11 is 1.92. The fourth-order valence-corrected chi connectivity index (χ4v) is 2.94. The largest absolute Gasteiger partial charge is 0.362 e. The highest BCUT2D eigenvalue weighted by molar-refractivity contribution is 8.14. The van der Waals surface area contributed by atoms with E-state index in [1.54, 1.807) is 0 Å². The summed E-state index contributed by atoms with van der Waals surface area (Å²) in [5.41, 5.74) is 0. The third-order valence-electron chi connectivity index (χ3n) is 2.71. The van der Waals surface area contributed by atoms with Gasteiger partial charge in [-0.1, -0.05) is 25.1 Å². The maximum atomic E-state index is 4.56. The minimum atomic E-state index is 0.522. The second-order valence-electron chi connectivity index (χ2n) is 4.81. The summed E-state index contributed by atoms with van der Waals surface area (Å²) in [7, 11) is 4.23. The summed E-state index contributed by atoms with van der Waals surface area (Å²) in [5, 5.41) is 5.38. The van der Waals surface area contributed by atoms with Crippen molar-refractivity contribution in [1.29, 1.82) is 0 Å². The van der Waals surface area contributed by atoms with E-state index in [1.165, 1.54) is 19.3 Å². The van der Waals surface area contributed by atoms with Crippen molar-refractivity contribution in [3.63, 3.8) is 0 Å². The lowest BCUT2D eigenvalue weighted by Crippen LogP contribution is -2.32. The second kappa shape index (κ2) is 7.17. The van der Waals surface area contributed by atoms with E-state index in [-0.39, 0.29) is 0 Å². The molecule has 0 fully saturated rings. The molecule has 1 aliphatic heterocycles. The van der Waals surface area contributed by atoms with Crippen molar-refractivity contribution in [2.45, 2.75) is 44.4 Å². The lowest BCUT2D eigenvalue weighted by atomic mass is 10.2. The second-order valence-corrected chi connectivity index (χ2v) is 6.10. The van der Waals surface area contributed by atoms with E-state index in [1.807, 2.05) is 11.8 Å². The number of amidine groups is 1. The van der Waals surface area contributed by atoms with Gasteiger partial charge in [0, 0.05) is 11.3 Å². The number of nitrogens with one attached hydrogen (secondary N) is 1. The first-order valence-electron chi connectivity index (χ1n) is 6.24. The zero-order valence-electron chi connectivity index (χ0n) is 11.0. The van der Waals surface area contributed by atoms with Gasteiger partial charge in [-0.05, 0) is 40.4 Å². The summed E-state index contributed by atoms with van der Waals surface area (Å²) in [6.07, 6.45) is 3.72. The van der Waals surface area contributed by atoms with Crippen LogP contribution in [0.15, 0.2) is 4.99 Å². The summed E-state index contributed by atoms with van der Waals surface area (Å²) in [6, 6.07) is 0.522. The normalized spacial score (nSPS) is 22.3. The maximum absolute atomic E-state index is 4.56. The third kappa shape index (κ3) is 5.21. The molecule has 1 aliphatic rings. The van der Waals surface area contributed by atoms with Crippen LogP contribution in [-0.4, -0.2) is 48.5 Å². The Morgan fingerprint density at radius 1 is 1.56 bits per heavy atom. The number of hydrogen-bond donors (Lipinski definition) is 1. The molecule has 94 valence electrons. The smallest absolute Gasteiger partial charge is 0.157 e. The topological polar surface area (TPSA) is 27.6 Å². The lowest BCUT2D eigenvalue weighted by Gasteiger charge is -2.17. The highest BCUT2D eigenvalue weighted by Gasteiger charge is 2.19. The average molecular weight is 243 g/mol. The van der Waals surface area contributed by atoms with Crippen molar-refractivity contribution in [2.75, 3.05) is 27.2 Å². The first kappa shape index (κ1) is 13.8. The van der Waals surface area contributed by atoms with Gasteiger partial charge in [0.1, 0.15) is 0 Å². The summed E-state index contributed by atoms with van der Waals surface area (Å²) in [5.74, 6) is 0. The van der Waals surface area contributed by atoms with Gasteiger partial charge in [0.2, 0.25) is 0 Å². The minimum Gasteiger partial charge on any atom is -0.362 e. The molecule has 0 aromatic rings. The van der Waals surface area contributed by atoms with Crippen molar-refractivity contribution in [2.24, 2.45) is 4.99 Å². The molecular formula is C12H25N3S. The predicted octanol–water partition coefficient (Wildman–Crippen LogP) is 2.19. The molecule has 2 atom stereocenters. The standard InChI is InChI=1S/C12H25N3S/c1-5-6-11-9-13-12(16-11)14-10(2)7-8-15(3)4/h10-11H,5-9H2,1-4H3,(H,13,14). The van der Waals surface area contributed by atoms with Crippen LogP contribution in [0, 0.1) is 0 Å². The van der Waals surface area contributed by atoms with Crippen LogP contribution in [0.25, 0.3) is 0 Å². The van der Waals surface area contributed by atoms with Gasteiger partial charge in [0.25, 0.3) is 0 Å². The van der Waals surface area contributed by atoms with E-state index < -0.39 is 0 Å². The Hall–Kier alpha value is -0.220. The summed E-state index contributed by atoms with van der Waals surface area (Å²) < 4.78 is 0. The minimum absolute atomic E-state index is 0.522. The molecule has 4 heteroatoms. The van der Waals surface area contributed by atoms with Gasteiger partial charge in [0.15, 0.2) is 5.17 Å². The quantitative estimate of drug-likeness (QED) is 0.775. The molecule has 16 heavy (non-hydrogen) atoms. The summed E-state index contributed by atoms with van der Waals surface area (Å²) in [4.78, 5) is 6.78. The highest BCUT2D eigenvalue weighted by Crippen LogP contribution is 2.23. The molecule has 3 nitrogen and oxygen atoms in total. The molecule has 0 spiro atoms. The molecule has 0 aromatic heterocycles. The molecule has 1 rings (SSSR count). The monoisotopic (exact) mass is 243 g/mol. The fraction of sp³-hybridized carbons (Fsp3) is 0.917. The van der Waals surface area contributed by atoms with Crippen molar-refractivity contribution in [3.8, 4) is 0 Å². The van der Waals surface area contributed by atoms with Gasteiger partial charge in [-0.3, -0.25) is 4.99 Å². The zero-order valence-corrected chi connectivity index (χ0v) is 11.8. The van der Waals surface area contributed by atoms with Crippen LogP contribution in [0.2, 0.25) is 0 Å². The zero-order chi connectivity index (χ0) is 12.0. The highest BCUT2D eigenvalue weighted by atomic mass is 32.2. The Bertz CT molecular complexity index is 228. The van der Waals surface area contributed by atoms with Crippen molar-refractivity contribution < 1.29 is 0 Å². The predicted molar refractivity (Wildman–Crippen MR) is 74.4 cm³/mol. The van der Waals surface area contributed by atoms with E-state index in [9.17, 15) is 0 Å². The van der Waals surface area contributed by atoms with Crippen LogP contribution >= 0.6 is 11.8 Å². The number of aliphatic imine (C=N–C) groups is 1. The van der Waals surface area contributed by atoms with Crippen LogP contribution in [0.3, 0.4) is 0 Å². The van der Waals surface area contributed by atoms with Crippen LogP contribution in [0.4, 0.5) is 0 Å². The van der Waals surface area contributed by atoms with Gasteiger partial charge in [0.05, 0.1) is 6.54 Å². The third-order valence-corrected chi connectivity index (χ3v) is 3.89. The Morgan fingerprint density at radius 3 is 2.94 bits per heavy atom. The van der Waals surface area contributed by atoms with E-state index in [2.05, 4.69) is 43.2 Å². The molecule has 0 radical (unpaired) electrons. The first-order chi connectivity index (χ1) is 7.61. The van der Waals surface area contributed by atoms with Crippen LogP contribution in [0.1, 0.15) is 33.1 Å². The van der Waals surface area contributed by atoms with Gasteiger partial charge >= 0.3 is 0 Å². The van der Waals surface area contributed by atoms with E-state index in [0.717, 1.165) is 18.3 Å². The molecule has 2 unspecified atom stereocenters. The van der Waals surface area contributed by atoms with Gasteiger partial charge < -0.3 is 10.2 Å². The Morgan fingerprint density at radius 2 is 2.31 bits per heavy atom. The van der Waals surface area contributed by atoms with Gasteiger partial charge in [-0.2, -0.15) is 0 Å².